The molecule has 0 atom stereocenters. The molecule has 0 unspecified atom stereocenters. The number of carbonyl (C=O) groups excluding carboxylic acids is 1. The van der Waals surface area contributed by atoms with Crippen molar-refractivity contribution in [3.63, 3.8) is 0 Å². The molecular formula is C9H11F3N2OS. The zero-order chi connectivity index (χ0) is 12.3. The fourth-order valence-corrected chi connectivity index (χ4v) is 2.11. The van der Waals surface area contributed by atoms with E-state index in [0.717, 1.165) is 16.2 Å². The number of anilines is 1. The van der Waals surface area contributed by atoms with Gasteiger partial charge in [-0.2, -0.15) is 13.2 Å². The molecule has 0 aliphatic heterocycles. The highest BCUT2D eigenvalue weighted by Gasteiger charge is 2.31. The second kappa shape index (κ2) is 4.82. The van der Waals surface area contributed by atoms with Crippen LogP contribution in [0.2, 0.25) is 0 Å². The molecule has 0 aliphatic rings. The van der Waals surface area contributed by atoms with E-state index in [2.05, 4.69) is 4.98 Å². The van der Waals surface area contributed by atoms with Crippen molar-refractivity contribution >= 4 is 22.8 Å². The normalized spacial score (nSPS) is 11.6. The quantitative estimate of drug-likeness (QED) is 0.772. The van der Waals surface area contributed by atoms with Crippen molar-refractivity contribution in [2.45, 2.75) is 20.0 Å². The third-order valence-electron chi connectivity index (χ3n) is 1.95. The van der Waals surface area contributed by atoms with Gasteiger partial charge in [0.2, 0.25) is 0 Å². The molecule has 0 aromatic carbocycles. The average Bonchev–Trinajstić information content (AvgIpc) is 2.54. The van der Waals surface area contributed by atoms with Gasteiger partial charge < -0.3 is 4.90 Å². The van der Waals surface area contributed by atoms with E-state index in [1.165, 1.54) is 0 Å². The van der Waals surface area contributed by atoms with Crippen LogP contribution in [0, 0.1) is 6.92 Å². The summed E-state index contributed by atoms with van der Waals surface area (Å²) in [6.07, 6.45) is -3.66. The second-order valence-electron chi connectivity index (χ2n) is 3.19. The Kier molecular flexibility index (Phi) is 3.90. The third-order valence-corrected chi connectivity index (χ3v) is 3.09. The Morgan fingerprint density at radius 2 is 2.12 bits per heavy atom. The van der Waals surface area contributed by atoms with Gasteiger partial charge in [-0.25, -0.2) is 4.98 Å². The maximum absolute atomic E-state index is 12.2. The van der Waals surface area contributed by atoms with E-state index in [9.17, 15) is 18.0 Å². The first-order valence-electron chi connectivity index (χ1n) is 4.61. The Labute approximate surface area is 94.9 Å². The number of alkyl halides is 3. The number of aromatic nitrogens is 1. The molecule has 1 heterocycles. The summed E-state index contributed by atoms with van der Waals surface area (Å²) in [7, 11) is 0. The van der Waals surface area contributed by atoms with Crippen molar-refractivity contribution in [1.29, 1.82) is 0 Å². The van der Waals surface area contributed by atoms with Gasteiger partial charge >= 0.3 is 6.18 Å². The molecule has 1 aromatic rings. The van der Waals surface area contributed by atoms with Gasteiger partial charge in [-0.3, -0.25) is 4.79 Å². The first-order chi connectivity index (χ1) is 7.37. The van der Waals surface area contributed by atoms with E-state index < -0.39 is 12.7 Å². The number of thiazole rings is 1. The number of hydrogen-bond donors (Lipinski definition) is 0. The van der Waals surface area contributed by atoms with E-state index in [1.54, 1.807) is 13.8 Å². The summed E-state index contributed by atoms with van der Waals surface area (Å²) in [5.41, 5.74) is 0.468. The topological polar surface area (TPSA) is 33.2 Å². The summed E-state index contributed by atoms with van der Waals surface area (Å²) in [5.74, 6) is 0. The van der Waals surface area contributed by atoms with Crippen molar-refractivity contribution in [1.82, 2.24) is 4.98 Å². The Bertz CT molecular complexity index is 375. The standard InChI is InChI=1S/C9H11F3N2OS/c1-3-14(5-9(10,11)12)8-13-6(2)7(4-15)16-8/h4H,3,5H2,1-2H3. The van der Waals surface area contributed by atoms with Crippen LogP contribution in [-0.2, 0) is 0 Å². The van der Waals surface area contributed by atoms with E-state index in [1.807, 2.05) is 0 Å². The largest absolute Gasteiger partial charge is 0.406 e. The maximum Gasteiger partial charge on any atom is 0.406 e. The molecule has 90 valence electrons. The van der Waals surface area contributed by atoms with E-state index in [4.69, 9.17) is 0 Å². The molecule has 0 radical (unpaired) electrons. The summed E-state index contributed by atoms with van der Waals surface area (Å²) in [6.45, 7) is 2.37. The summed E-state index contributed by atoms with van der Waals surface area (Å²) < 4.78 is 36.7. The molecule has 0 saturated carbocycles. The van der Waals surface area contributed by atoms with Gasteiger partial charge in [-0.1, -0.05) is 11.3 Å². The maximum atomic E-state index is 12.2. The van der Waals surface area contributed by atoms with Gasteiger partial charge in [0, 0.05) is 6.54 Å². The molecule has 3 nitrogen and oxygen atoms in total. The lowest BCUT2D eigenvalue weighted by Gasteiger charge is -2.21. The van der Waals surface area contributed by atoms with Gasteiger partial charge in [-0.05, 0) is 13.8 Å². The molecule has 0 amide bonds. The van der Waals surface area contributed by atoms with E-state index in [0.29, 0.717) is 16.9 Å². The molecule has 0 N–H and O–H groups in total. The van der Waals surface area contributed by atoms with Crippen LogP contribution in [0.4, 0.5) is 18.3 Å². The summed E-state index contributed by atoms with van der Waals surface area (Å²) >= 11 is 0.980. The fourth-order valence-electron chi connectivity index (χ4n) is 1.17. The van der Waals surface area contributed by atoms with Gasteiger partial charge in [0.15, 0.2) is 11.4 Å². The van der Waals surface area contributed by atoms with Gasteiger partial charge in [0.25, 0.3) is 0 Å². The van der Waals surface area contributed by atoms with Crippen molar-refractivity contribution in [2.24, 2.45) is 0 Å². The smallest absolute Gasteiger partial charge is 0.339 e. The molecule has 0 fully saturated rings. The van der Waals surface area contributed by atoms with Gasteiger partial charge in [0.1, 0.15) is 6.54 Å². The minimum absolute atomic E-state index is 0.199. The predicted octanol–water partition coefficient (Wildman–Crippen LogP) is 2.65. The minimum atomic E-state index is -4.27. The molecule has 1 aromatic heterocycles. The Hall–Kier alpha value is -1.11. The lowest BCUT2D eigenvalue weighted by atomic mass is 10.4. The minimum Gasteiger partial charge on any atom is -0.339 e. The third kappa shape index (κ3) is 3.19. The van der Waals surface area contributed by atoms with Crippen molar-refractivity contribution < 1.29 is 18.0 Å². The molecule has 0 aliphatic carbocycles. The van der Waals surface area contributed by atoms with Crippen LogP contribution >= 0.6 is 11.3 Å². The number of rotatable bonds is 4. The number of hydrogen-bond acceptors (Lipinski definition) is 4. The Morgan fingerprint density at radius 1 is 1.50 bits per heavy atom. The van der Waals surface area contributed by atoms with Crippen LogP contribution in [0.5, 0.6) is 0 Å². The van der Waals surface area contributed by atoms with Crippen molar-refractivity contribution in [3.8, 4) is 0 Å². The number of aryl methyl sites for hydroxylation is 1. The summed E-state index contributed by atoms with van der Waals surface area (Å²) in [5, 5.41) is 0.236. The van der Waals surface area contributed by atoms with Crippen molar-refractivity contribution in [2.75, 3.05) is 18.0 Å². The van der Waals surface area contributed by atoms with Crippen LogP contribution in [-0.4, -0.2) is 30.5 Å². The first kappa shape index (κ1) is 13.0. The highest BCUT2D eigenvalue weighted by Crippen LogP contribution is 2.27. The number of carbonyl (C=O) groups is 1. The SMILES string of the molecule is CCN(CC(F)(F)F)c1nc(C)c(C=O)s1. The first-order valence-corrected chi connectivity index (χ1v) is 5.43. The Balaban J connectivity index is 2.91. The van der Waals surface area contributed by atoms with Gasteiger partial charge in [-0.15, -0.1) is 0 Å². The molecule has 0 saturated heterocycles. The van der Waals surface area contributed by atoms with E-state index >= 15 is 0 Å². The molecule has 7 heteroatoms. The zero-order valence-electron chi connectivity index (χ0n) is 8.84. The number of halogens is 3. The summed E-state index contributed by atoms with van der Waals surface area (Å²) in [4.78, 5) is 16.0. The highest BCUT2D eigenvalue weighted by molar-refractivity contribution is 7.17. The lowest BCUT2D eigenvalue weighted by molar-refractivity contribution is -0.119. The summed E-state index contributed by atoms with van der Waals surface area (Å²) in [6, 6.07) is 0. The van der Waals surface area contributed by atoms with Crippen LogP contribution < -0.4 is 4.90 Å². The van der Waals surface area contributed by atoms with Crippen LogP contribution in [0.15, 0.2) is 0 Å². The fraction of sp³-hybridized carbons (Fsp3) is 0.556. The van der Waals surface area contributed by atoms with Crippen LogP contribution in [0.25, 0.3) is 0 Å². The average molecular weight is 252 g/mol. The van der Waals surface area contributed by atoms with Crippen LogP contribution in [0.1, 0.15) is 22.3 Å². The number of nitrogens with zero attached hydrogens (tertiary/aromatic N) is 2. The molecule has 16 heavy (non-hydrogen) atoms. The monoisotopic (exact) mass is 252 g/mol. The molecular weight excluding hydrogens is 241 g/mol. The van der Waals surface area contributed by atoms with Crippen LogP contribution in [0.3, 0.4) is 0 Å². The molecule has 1 rings (SSSR count). The Morgan fingerprint density at radius 3 is 2.50 bits per heavy atom. The molecule has 0 spiro atoms. The second-order valence-corrected chi connectivity index (χ2v) is 4.20. The predicted molar refractivity (Wildman–Crippen MR) is 56.2 cm³/mol. The van der Waals surface area contributed by atoms with Crippen molar-refractivity contribution in [3.05, 3.63) is 10.6 Å². The highest BCUT2D eigenvalue weighted by atomic mass is 32.1. The lowest BCUT2D eigenvalue weighted by Crippen LogP contribution is -2.33. The molecule has 0 bridgehead atoms. The number of aldehydes is 1. The zero-order valence-corrected chi connectivity index (χ0v) is 9.65. The van der Waals surface area contributed by atoms with E-state index in [-0.39, 0.29) is 11.7 Å². The van der Waals surface area contributed by atoms with Gasteiger partial charge in [0.05, 0.1) is 10.6 Å².